The number of rotatable bonds is 8. The fourth-order valence-electron chi connectivity index (χ4n) is 8.60. The summed E-state index contributed by atoms with van der Waals surface area (Å²) in [5.74, 6) is -1.18. The van der Waals surface area contributed by atoms with Gasteiger partial charge in [-0.3, -0.25) is 38.8 Å². The smallest absolute Gasteiger partial charge is 0.369 e. The summed E-state index contributed by atoms with van der Waals surface area (Å²) in [6.07, 6.45) is 1.46. The number of hydrogen-bond acceptors (Lipinski definition) is 9. The number of likely N-dealkylation sites (tertiary alicyclic amines) is 1. The number of hydrogen-bond donors (Lipinski definition) is 1. The summed E-state index contributed by atoms with van der Waals surface area (Å²) in [4.78, 5) is 65.8. The summed E-state index contributed by atoms with van der Waals surface area (Å²) in [7, 11) is 0. The van der Waals surface area contributed by atoms with Gasteiger partial charge in [0.25, 0.3) is 11.8 Å². The molecule has 5 amide bonds. The molecule has 318 valence electrons. The van der Waals surface area contributed by atoms with Gasteiger partial charge in [-0.05, 0) is 100 Å². The van der Waals surface area contributed by atoms with Crippen LogP contribution in [0.25, 0.3) is 5.65 Å². The first-order valence-electron chi connectivity index (χ1n) is 20.0. The number of imide groups is 1. The lowest BCUT2D eigenvalue weighted by molar-refractivity contribution is -0.137. The van der Waals surface area contributed by atoms with E-state index >= 15 is 4.39 Å². The molecule has 4 aliphatic rings. The molecule has 0 aliphatic carbocycles. The number of aromatic nitrogens is 2. The van der Waals surface area contributed by atoms with Crippen LogP contribution in [0.4, 0.5) is 45.2 Å². The predicted octanol–water partition coefficient (Wildman–Crippen LogP) is 5.79. The summed E-state index contributed by atoms with van der Waals surface area (Å²) < 4.78 is 58.8. The number of halogens is 4. The van der Waals surface area contributed by atoms with Gasteiger partial charge in [-0.1, -0.05) is 0 Å². The number of benzene rings is 2. The van der Waals surface area contributed by atoms with Crippen molar-refractivity contribution >= 4 is 69.6 Å². The second kappa shape index (κ2) is 16.0. The van der Waals surface area contributed by atoms with Crippen LogP contribution in [0, 0.1) is 23.1 Å². The number of piperazine rings is 1. The van der Waals surface area contributed by atoms with Gasteiger partial charge in [-0.25, -0.2) is 14.2 Å². The molecule has 0 atom stereocenters. The lowest BCUT2D eigenvalue weighted by Gasteiger charge is -2.37. The van der Waals surface area contributed by atoms with Gasteiger partial charge >= 0.3 is 12.2 Å². The summed E-state index contributed by atoms with van der Waals surface area (Å²) in [5.41, 5.74) is -1.63. The number of thiocarbonyl (C=S) groups is 1. The predicted molar refractivity (Wildman–Crippen MR) is 222 cm³/mol. The maximum atomic E-state index is 15.8. The molecule has 0 radical (unpaired) electrons. The molecular weight excluding hydrogens is 817 g/mol. The van der Waals surface area contributed by atoms with Gasteiger partial charge in [0.2, 0.25) is 5.91 Å². The van der Waals surface area contributed by atoms with Crippen LogP contribution in [-0.2, 0) is 15.8 Å². The third kappa shape index (κ3) is 7.85. The van der Waals surface area contributed by atoms with Crippen molar-refractivity contribution in [2.75, 3.05) is 72.0 Å². The highest BCUT2D eigenvalue weighted by Crippen LogP contribution is 2.40. The first-order chi connectivity index (χ1) is 29.0. The zero-order valence-corrected chi connectivity index (χ0v) is 34.2. The number of amides is 5. The summed E-state index contributed by atoms with van der Waals surface area (Å²) in [6.45, 7) is 8.67. The van der Waals surface area contributed by atoms with Gasteiger partial charge in [0.1, 0.15) is 22.8 Å². The minimum atomic E-state index is -4.85. The number of nitrogens with zero attached hydrogens (tertiary/aromatic N) is 9. The topological polar surface area (TPSA) is 141 Å². The largest absolute Gasteiger partial charge is 0.417 e. The summed E-state index contributed by atoms with van der Waals surface area (Å²) in [5, 5.41) is 11.4. The Bertz CT molecular complexity index is 2490. The zero-order valence-electron chi connectivity index (χ0n) is 33.4. The van der Waals surface area contributed by atoms with Gasteiger partial charge in [0.15, 0.2) is 5.11 Å². The third-order valence-electron chi connectivity index (χ3n) is 12.1. The number of carbonyl (C=O) groups excluding carboxylic acids is 4. The number of nitrogens with one attached hydrogen (secondary N) is 1. The van der Waals surface area contributed by atoms with Gasteiger partial charge in [-0.15, -0.1) is 0 Å². The number of imidazole rings is 1. The minimum absolute atomic E-state index is 0.132. The molecule has 2 aromatic carbocycles. The van der Waals surface area contributed by atoms with Crippen LogP contribution in [-0.4, -0.2) is 106 Å². The molecule has 4 aromatic rings. The van der Waals surface area contributed by atoms with Crippen molar-refractivity contribution in [3.8, 4) is 6.07 Å². The van der Waals surface area contributed by atoms with E-state index in [-0.39, 0.29) is 34.4 Å². The number of fused-ring (bicyclic) bond motifs is 1. The van der Waals surface area contributed by atoms with Crippen molar-refractivity contribution < 1.29 is 36.7 Å². The number of alkyl halides is 3. The van der Waals surface area contributed by atoms with E-state index in [2.05, 4.69) is 20.1 Å². The fraction of sp³-hybridized carbons (Fsp3) is 0.405. The van der Waals surface area contributed by atoms with Crippen molar-refractivity contribution in [3.05, 3.63) is 83.4 Å². The standard InChI is InChI=1S/C42H42F4N10O4S/c1-41(2)38(59)55(29-4-3-27(24-47)32(21-29)42(44,45)46)40(61)56(41)30-5-6-31(33(43)22-30)37(58)52-13-8-26(9-14-52)7-12-50-17-19-51(20-18-50)28-10-15-53-34(23-28)48-25-36(53)54-16-11-35(57)49-39(54)60/h3-6,10,15,21-23,25-26H,7-9,11-14,16-20H2,1-2H3,(H,49,57,60). The van der Waals surface area contributed by atoms with Crippen molar-refractivity contribution in [1.29, 1.82) is 5.26 Å². The van der Waals surface area contributed by atoms with Crippen LogP contribution in [0.3, 0.4) is 0 Å². The lowest BCUT2D eigenvalue weighted by atomic mass is 9.92. The normalized spacial score (nSPS) is 19.3. The van der Waals surface area contributed by atoms with Gasteiger partial charge in [0, 0.05) is 75.9 Å². The molecule has 6 heterocycles. The second-order valence-electron chi connectivity index (χ2n) is 16.2. The Kier molecular flexibility index (Phi) is 10.9. The van der Waals surface area contributed by atoms with Gasteiger partial charge < -0.3 is 14.7 Å². The van der Waals surface area contributed by atoms with Crippen LogP contribution in [0.1, 0.15) is 61.0 Å². The van der Waals surface area contributed by atoms with E-state index in [9.17, 15) is 37.6 Å². The fourth-order valence-corrected chi connectivity index (χ4v) is 9.12. The molecule has 0 saturated carbocycles. The molecule has 0 unspecified atom stereocenters. The van der Waals surface area contributed by atoms with E-state index in [0.29, 0.717) is 43.1 Å². The molecule has 0 spiro atoms. The number of pyridine rings is 1. The zero-order chi connectivity index (χ0) is 43.4. The molecule has 0 bridgehead atoms. The number of piperidine rings is 1. The second-order valence-corrected chi connectivity index (χ2v) is 16.5. The van der Waals surface area contributed by atoms with Crippen LogP contribution < -0.4 is 24.9 Å². The van der Waals surface area contributed by atoms with Crippen molar-refractivity contribution in [1.82, 2.24) is 24.5 Å². The number of carbonyl (C=O) groups is 4. The third-order valence-corrected chi connectivity index (χ3v) is 12.5. The van der Waals surface area contributed by atoms with Crippen molar-refractivity contribution in [2.45, 2.75) is 51.2 Å². The first-order valence-corrected chi connectivity index (χ1v) is 20.4. The molecule has 2 aromatic heterocycles. The van der Waals surface area contributed by atoms with E-state index in [1.165, 1.54) is 47.9 Å². The molecule has 1 N–H and O–H groups in total. The number of nitriles is 1. The quantitative estimate of drug-likeness (QED) is 0.171. The Morgan fingerprint density at radius 3 is 2.34 bits per heavy atom. The molecule has 4 fully saturated rings. The highest BCUT2D eigenvalue weighted by molar-refractivity contribution is 7.81. The van der Waals surface area contributed by atoms with E-state index in [1.807, 2.05) is 22.7 Å². The van der Waals surface area contributed by atoms with Crippen LogP contribution in [0.5, 0.6) is 0 Å². The van der Waals surface area contributed by atoms with Crippen LogP contribution in [0.15, 0.2) is 60.9 Å². The molecule has 4 aliphatic heterocycles. The average Bonchev–Trinajstić information content (AvgIpc) is 3.73. The maximum Gasteiger partial charge on any atom is 0.417 e. The summed E-state index contributed by atoms with van der Waals surface area (Å²) >= 11 is 5.58. The Morgan fingerprint density at radius 2 is 1.67 bits per heavy atom. The minimum Gasteiger partial charge on any atom is -0.369 e. The van der Waals surface area contributed by atoms with E-state index in [4.69, 9.17) is 12.2 Å². The molecule has 4 saturated heterocycles. The van der Waals surface area contributed by atoms with Crippen LogP contribution >= 0.6 is 12.2 Å². The monoisotopic (exact) mass is 858 g/mol. The van der Waals surface area contributed by atoms with Gasteiger partial charge in [-0.2, -0.15) is 18.4 Å². The molecular formula is C42H42F4N10O4S. The number of urea groups is 1. The Hall–Kier alpha value is -6.13. The molecule has 61 heavy (non-hydrogen) atoms. The number of anilines is 4. The molecule has 8 rings (SSSR count). The highest BCUT2D eigenvalue weighted by Gasteiger charge is 2.51. The molecule has 14 nitrogen and oxygen atoms in total. The highest BCUT2D eigenvalue weighted by atomic mass is 32.1. The Morgan fingerprint density at radius 1 is 0.951 bits per heavy atom. The maximum absolute atomic E-state index is 15.8. The van der Waals surface area contributed by atoms with Crippen LogP contribution in [0.2, 0.25) is 0 Å². The Labute approximate surface area is 353 Å². The van der Waals surface area contributed by atoms with Crippen molar-refractivity contribution in [3.63, 3.8) is 0 Å². The Balaban J connectivity index is 0.829. The SMILES string of the molecule is CC1(C)C(=O)N(c2ccc(C#N)c(C(F)(F)F)c2)C(=S)N1c1ccc(C(=O)N2CCC(CCN3CCN(c4ccn5c(N6CCC(=O)NC6=O)cnc5c4)CC3)CC2)c(F)c1. The van der Waals surface area contributed by atoms with Gasteiger partial charge in [0.05, 0.1) is 34.6 Å². The van der Waals surface area contributed by atoms with Crippen molar-refractivity contribution in [2.24, 2.45) is 5.92 Å². The van der Waals surface area contributed by atoms with E-state index in [0.717, 1.165) is 74.7 Å². The first kappa shape index (κ1) is 41.6. The lowest BCUT2D eigenvalue weighted by Crippen LogP contribution is -2.50. The van der Waals surface area contributed by atoms with E-state index < -0.39 is 46.5 Å². The average molecular weight is 859 g/mol. The summed E-state index contributed by atoms with van der Waals surface area (Å²) in [6, 6.07) is 11.9. The molecule has 19 heteroatoms. The van der Waals surface area contributed by atoms with E-state index in [1.54, 1.807) is 11.1 Å².